The average molecular weight is 310 g/mol. The number of amides is 1. The van der Waals surface area contributed by atoms with Crippen LogP contribution in [0.15, 0.2) is 18.3 Å². The summed E-state index contributed by atoms with van der Waals surface area (Å²) in [4.78, 5) is 25.9. The van der Waals surface area contributed by atoms with Gasteiger partial charge in [0.2, 0.25) is 11.7 Å². The number of nitro groups is 1. The first kappa shape index (κ1) is 16.1. The molecule has 0 spiro atoms. The molecule has 0 saturated heterocycles. The Hall–Kier alpha value is -2.26. The SMILES string of the molecule is CCC1(C(N)=O)CC(Nc2ncccc2[N+](=O)[O-])C(O)C1O. The van der Waals surface area contributed by atoms with Crippen molar-refractivity contribution in [3.63, 3.8) is 0 Å². The van der Waals surface area contributed by atoms with Crippen molar-refractivity contribution in [2.75, 3.05) is 5.32 Å². The van der Waals surface area contributed by atoms with E-state index in [9.17, 15) is 25.1 Å². The third-order valence-corrected chi connectivity index (χ3v) is 4.31. The van der Waals surface area contributed by atoms with Gasteiger partial charge in [-0.25, -0.2) is 4.98 Å². The van der Waals surface area contributed by atoms with Gasteiger partial charge in [0, 0.05) is 12.3 Å². The van der Waals surface area contributed by atoms with E-state index >= 15 is 0 Å². The standard InChI is InChI=1S/C13H18N4O5/c1-2-13(12(14)20)6-7(9(18)10(13)19)16-11-8(17(21)22)4-3-5-15-11/h3-5,7,9-10,18-19H,2,6H2,1H3,(H2,14,20)(H,15,16). The first-order chi connectivity index (χ1) is 10.3. The molecule has 0 aromatic carbocycles. The van der Waals surface area contributed by atoms with Crippen LogP contribution in [0.4, 0.5) is 11.5 Å². The number of carbonyl (C=O) groups is 1. The van der Waals surface area contributed by atoms with E-state index < -0.39 is 34.5 Å². The summed E-state index contributed by atoms with van der Waals surface area (Å²) in [6, 6.07) is 1.92. The molecule has 120 valence electrons. The number of hydrogen-bond acceptors (Lipinski definition) is 7. The van der Waals surface area contributed by atoms with Crippen LogP contribution >= 0.6 is 0 Å². The van der Waals surface area contributed by atoms with E-state index in [1.54, 1.807) is 6.92 Å². The highest BCUT2D eigenvalue weighted by Gasteiger charge is 2.55. The number of nitrogens with one attached hydrogen (secondary N) is 1. The fourth-order valence-corrected chi connectivity index (χ4v) is 2.92. The molecule has 1 fully saturated rings. The van der Waals surface area contributed by atoms with Crippen molar-refractivity contribution in [3.05, 3.63) is 28.4 Å². The number of aromatic nitrogens is 1. The van der Waals surface area contributed by atoms with Crippen molar-refractivity contribution >= 4 is 17.4 Å². The Morgan fingerprint density at radius 2 is 2.32 bits per heavy atom. The minimum Gasteiger partial charge on any atom is -0.389 e. The Bertz CT molecular complexity index is 596. The highest BCUT2D eigenvalue weighted by molar-refractivity contribution is 5.82. The quantitative estimate of drug-likeness (QED) is 0.433. The number of nitrogens with zero attached hydrogens (tertiary/aromatic N) is 2. The Morgan fingerprint density at radius 3 is 2.82 bits per heavy atom. The molecule has 1 aromatic rings. The Kier molecular flexibility index (Phi) is 4.29. The second-order valence-corrected chi connectivity index (χ2v) is 5.39. The minimum atomic E-state index is -1.34. The zero-order valence-corrected chi connectivity index (χ0v) is 12.0. The number of primary amides is 1. The number of hydrogen-bond donors (Lipinski definition) is 4. The minimum absolute atomic E-state index is 0.0277. The summed E-state index contributed by atoms with van der Waals surface area (Å²) in [7, 11) is 0. The van der Waals surface area contributed by atoms with Crippen LogP contribution < -0.4 is 11.1 Å². The van der Waals surface area contributed by atoms with Crippen molar-refractivity contribution in [2.24, 2.45) is 11.1 Å². The smallest absolute Gasteiger partial charge is 0.311 e. The maximum absolute atomic E-state index is 11.7. The maximum atomic E-state index is 11.7. The number of carbonyl (C=O) groups excluding carboxylic acids is 1. The second kappa shape index (κ2) is 5.85. The summed E-state index contributed by atoms with van der Waals surface area (Å²) in [6.45, 7) is 1.69. The van der Waals surface area contributed by atoms with Crippen LogP contribution in [-0.4, -0.2) is 44.3 Å². The van der Waals surface area contributed by atoms with Crippen LogP contribution in [0.1, 0.15) is 19.8 Å². The van der Waals surface area contributed by atoms with Gasteiger partial charge in [0.15, 0.2) is 0 Å². The lowest BCUT2D eigenvalue weighted by Crippen LogP contribution is -2.45. The van der Waals surface area contributed by atoms with Crippen molar-refractivity contribution < 1.29 is 19.9 Å². The third kappa shape index (κ3) is 2.48. The van der Waals surface area contributed by atoms with Gasteiger partial charge in [0.05, 0.1) is 22.5 Å². The molecule has 0 bridgehead atoms. The van der Waals surface area contributed by atoms with Gasteiger partial charge in [-0.2, -0.15) is 0 Å². The van der Waals surface area contributed by atoms with Gasteiger partial charge in [-0.1, -0.05) is 6.92 Å². The average Bonchev–Trinajstić information content (AvgIpc) is 2.73. The summed E-state index contributed by atoms with van der Waals surface area (Å²) in [5.41, 5.74) is 3.85. The number of nitrogens with two attached hydrogens (primary N) is 1. The van der Waals surface area contributed by atoms with Gasteiger partial charge >= 0.3 is 5.69 Å². The first-order valence-corrected chi connectivity index (χ1v) is 6.85. The van der Waals surface area contributed by atoms with Gasteiger partial charge < -0.3 is 21.3 Å². The molecule has 9 heteroatoms. The monoisotopic (exact) mass is 310 g/mol. The van der Waals surface area contributed by atoms with E-state index in [4.69, 9.17) is 5.73 Å². The molecule has 2 rings (SSSR count). The Morgan fingerprint density at radius 1 is 1.64 bits per heavy atom. The molecular formula is C13H18N4O5. The summed E-state index contributed by atoms with van der Waals surface area (Å²) >= 11 is 0. The molecule has 1 heterocycles. The normalized spacial score (nSPS) is 31.0. The van der Waals surface area contributed by atoms with Crippen LogP contribution in [-0.2, 0) is 4.79 Å². The molecule has 4 atom stereocenters. The molecule has 22 heavy (non-hydrogen) atoms. The van der Waals surface area contributed by atoms with Crippen LogP contribution in [0.5, 0.6) is 0 Å². The van der Waals surface area contributed by atoms with E-state index in [1.165, 1.54) is 18.3 Å². The molecule has 0 aliphatic heterocycles. The highest BCUT2D eigenvalue weighted by Crippen LogP contribution is 2.42. The van der Waals surface area contributed by atoms with Crippen LogP contribution in [0, 0.1) is 15.5 Å². The van der Waals surface area contributed by atoms with Crippen molar-refractivity contribution in [1.82, 2.24) is 4.98 Å². The van der Waals surface area contributed by atoms with Crippen molar-refractivity contribution in [3.8, 4) is 0 Å². The molecule has 0 radical (unpaired) electrons. The second-order valence-electron chi connectivity index (χ2n) is 5.39. The number of rotatable bonds is 5. The lowest BCUT2D eigenvalue weighted by Gasteiger charge is -2.27. The van der Waals surface area contributed by atoms with E-state index in [0.717, 1.165) is 0 Å². The zero-order valence-electron chi connectivity index (χ0n) is 12.0. The lowest BCUT2D eigenvalue weighted by atomic mass is 9.80. The topological polar surface area (TPSA) is 152 Å². The van der Waals surface area contributed by atoms with Gasteiger partial charge in [-0.05, 0) is 18.9 Å². The molecule has 1 aromatic heterocycles. The predicted molar refractivity (Wildman–Crippen MR) is 76.9 cm³/mol. The Labute approximate surface area is 126 Å². The molecule has 9 nitrogen and oxygen atoms in total. The van der Waals surface area contributed by atoms with E-state index in [1.807, 2.05) is 0 Å². The third-order valence-electron chi connectivity index (χ3n) is 4.31. The van der Waals surface area contributed by atoms with Crippen LogP contribution in [0.25, 0.3) is 0 Å². The molecule has 1 aliphatic carbocycles. The number of anilines is 1. The van der Waals surface area contributed by atoms with Crippen molar-refractivity contribution in [1.29, 1.82) is 0 Å². The van der Waals surface area contributed by atoms with Crippen LogP contribution in [0.3, 0.4) is 0 Å². The van der Waals surface area contributed by atoms with Crippen molar-refractivity contribution in [2.45, 2.75) is 38.0 Å². The summed E-state index contributed by atoms with van der Waals surface area (Å²) in [6.07, 6.45) is -0.934. The number of aliphatic hydroxyl groups is 2. The molecule has 1 amide bonds. The first-order valence-electron chi connectivity index (χ1n) is 6.85. The van der Waals surface area contributed by atoms with Gasteiger partial charge in [0.1, 0.15) is 6.10 Å². The lowest BCUT2D eigenvalue weighted by molar-refractivity contribution is -0.384. The molecule has 1 saturated carbocycles. The fraction of sp³-hybridized carbons (Fsp3) is 0.538. The van der Waals surface area contributed by atoms with Gasteiger partial charge in [-0.15, -0.1) is 0 Å². The predicted octanol–water partition coefficient (Wildman–Crippen LogP) is -0.223. The Balaban J connectivity index is 2.29. The number of aliphatic hydroxyl groups excluding tert-OH is 2. The molecule has 1 aliphatic rings. The summed E-state index contributed by atoms with van der Waals surface area (Å²) in [5.74, 6) is -0.735. The summed E-state index contributed by atoms with van der Waals surface area (Å²) in [5, 5.41) is 34.0. The molecule has 5 N–H and O–H groups in total. The van der Waals surface area contributed by atoms with Gasteiger partial charge in [0.25, 0.3) is 0 Å². The number of pyridine rings is 1. The zero-order chi connectivity index (χ0) is 16.5. The van der Waals surface area contributed by atoms with Gasteiger partial charge in [-0.3, -0.25) is 14.9 Å². The van der Waals surface area contributed by atoms with Crippen LogP contribution in [0.2, 0.25) is 0 Å². The summed E-state index contributed by atoms with van der Waals surface area (Å²) < 4.78 is 0. The van der Waals surface area contributed by atoms with E-state index in [-0.39, 0.29) is 24.3 Å². The van der Waals surface area contributed by atoms with E-state index in [2.05, 4.69) is 10.3 Å². The largest absolute Gasteiger partial charge is 0.389 e. The maximum Gasteiger partial charge on any atom is 0.311 e. The highest BCUT2D eigenvalue weighted by atomic mass is 16.6. The molecule has 4 unspecified atom stereocenters. The van der Waals surface area contributed by atoms with E-state index in [0.29, 0.717) is 0 Å². The molecular weight excluding hydrogens is 292 g/mol. The fourth-order valence-electron chi connectivity index (χ4n) is 2.92.